The Balaban J connectivity index is 1.96. The summed E-state index contributed by atoms with van der Waals surface area (Å²) in [6.07, 6.45) is 3.03. The Bertz CT molecular complexity index is 1010. The zero-order chi connectivity index (χ0) is 20.2. The third kappa shape index (κ3) is 3.79. The maximum absolute atomic E-state index is 13.6. The second-order valence-corrected chi connectivity index (χ2v) is 6.87. The number of likely N-dealkylation sites (tertiary alicyclic amines) is 1. The Morgan fingerprint density at radius 3 is 2.45 bits per heavy atom. The molecule has 0 saturated carbocycles. The summed E-state index contributed by atoms with van der Waals surface area (Å²) in [5.41, 5.74) is 8.20. The number of nitrogens with two attached hydrogens (primary N) is 1. The zero-order valence-corrected chi connectivity index (χ0v) is 15.8. The molecule has 1 fully saturated rings. The Morgan fingerprint density at radius 1 is 1.03 bits per heavy atom. The van der Waals surface area contributed by atoms with Crippen LogP contribution in [0.5, 0.6) is 0 Å². The van der Waals surface area contributed by atoms with E-state index in [2.05, 4.69) is 25.9 Å². The summed E-state index contributed by atoms with van der Waals surface area (Å²) in [6, 6.07) is 12.4. The summed E-state index contributed by atoms with van der Waals surface area (Å²) in [5, 5.41) is 16.6. The molecule has 2 aromatic carbocycles. The van der Waals surface area contributed by atoms with Crippen LogP contribution in [-0.2, 0) is 0 Å². The van der Waals surface area contributed by atoms with Crippen molar-refractivity contribution in [1.82, 2.24) is 25.5 Å². The van der Waals surface area contributed by atoms with E-state index < -0.39 is 6.03 Å². The number of amides is 3. The molecular weight excluding hydrogens is 370 g/mol. The van der Waals surface area contributed by atoms with Crippen LogP contribution in [0.4, 0.5) is 10.5 Å². The van der Waals surface area contributed by atoms with Gasteiger partial charge in [0.2, 0.25) is 0 Å². The van der Waals surface area contributed by atoms with Gasteiger partial charge in [-0.1, -0.05) is 36.4 Å². The number of H-pyrrole nitrogens is 1. The van der Waals surface area contributed by atoms with Gasteiger partial charge in [-0.05, 0) is 46.9 Å². The molecule has 4 rings (SSSR count). The van der Waals surface area contributed by atoms with Crippen LogP contribution in [0, 0.1) is 0 Å². The molecule has 1 aliphatic heterocycles. The molecule has 1 aliphatic rings. The van der Waals surface area contributed by atoms with Crippen molar-refractivity contribution >= 4 is 17.6 Å². The van der Waals surface area contributed by atoms with Crippen LogP contribution in [0.25, 0.3) is 22.5 Å². The van der Waals surface area contributed by atoms with Crippen molar-refractivity contribution in [3.63, 3.8) is 0 Å². The van der Waals surface area contributed by atoms with Crippen molar-refractivity contribution in [2.75, 3.05) is 18.4 Å². The van der Waals surface area contributed by atoms with Gasteiger partial charge < -0.3 is 16.0 Å². The van der Waals surface area contributed by atoms with Crippen LogP contribution in [0.15, 0.2) is 42.5 Å². The number of benzene rings is 2. The number of hydrogen-bond donors (Lipinski definition) is 3. The normalized spacial score (nSPS) is 13.9. The first-order valence-electron chi connectivity index (χ1n) is 9.47. The lowest BCUT2D eigenvalue weighted by atomic mass is 9.92. The molecule has 0 aliphatic carbocycles. The van der Waals surface area contributed by atoms with Gasteiger partial charge in [-0.25, -0.2) is 9.89 Å². The predicted molar refractivity (Wildman–Crippen MR) is 108 cm³/mol. The molecule has 0 radical (unpaired) electrons. The second kappa shape index (κ2) is 8.09. The minimum Gasteiger partial charge on any atom is -0.351 e. The average molecular weight is 391 g/mol. The molecule has 3 amide bonds. The van der Waals surface area contributed by atoms with Gasteiger partial charge in [0.1, 0.15) is 0 Å². The van der Waals surface area contributed by atoms with Gasteiger partial charge in [0, 0.05) is 13.1 Å². The number of carbonyl (C=O) groups excluding carboxylic acids is 2. The Morgan fingerprint density at radius 2 is 1.79 bits per heavy atom. The number of piperidine rings is 1. The van der Waals surface area contributed by atoms with E-state index in [0.717, 1.165) is 30.4 Å². The van der Waals surface area contributed by atoms with Gasteiger partial charge in [-0.2, -0.15) is 0 Å². The van der Waals surface area contributed by atoms with Crippen LogP contribution >= 0.6 is 0 Å². The fourth-order valence-electron chi connectivity index (χ4n) is 3.69. The molecule has 0 atom stereocenters. The standard InChI is InChI=1S/C20H21N7O2/c21-20(29)22-15-10-9-14(13-7-3-1-4-8-13)16(17(15)18-23-25-26-24-18)19(28)27-11-5-2-6-12-27/h1,3-4,7-10H,2,5-6,11-12H2,(H3,21,22,29)(H,23,24,25,26). The smallest absolute Gasteiger partial charge is 0.316 e. The van der Waals surface area contributed by atoms with E-state index in [-0.39, 0.29) is 11.7 Å². The Hall–Kier alpha value is -3.75. The van der Waals surface area contributed by atoms with Gasteiger partial charge in [0.05, 0.1) is 16.8 Å². The van der Waals surface area contributed by atoms with Crippen LogP contribution in [0.3, 0.4) is 0 Å². The highest BCUT2D eigenvalue weighted by molar-refractivity contribution is 6.10. The highest BCUT2D eigenvalue weighted by atomic mass is 16.2. The first-order valence-corrected chi connectivity index (χ1v) is 9.47. The largest absolute Gasteiger partial charge is 0.351 e. The SMILES string of the molecule is NC(=O)Nc1ccc(-c2ccccc2)c(C(=O)N2CCCCC2)c1-c1nnn[nH]1. The molecule has 4 N–H and O–H groups in total. The van der Waals surface area contributed by atoms with Gasteiger partial charge >= 0.3 is 6.03 Å². The molecule has 9 nitrogen and oxygen atoms in total. The molecular formula is C20H21N7O2. The number of nitrogens with one attached hydrogen (secondary N) is 2. The minimum absolute atomic E-state index is 0.122. The van der Waals surface area contributed by atoms with E-state index in [1.165, 1.54) is 0 Å². The lowest BCUT2D eigenvalue weighted by Crippen LogP contribution is -2.36. The number of aromatic amines is 1. The minimum atomic E-state index is -0.734. The number of tetrazole rings is 1. The van der Waals surface area contributed by atoms with Crippen molar-refractivity contribution in [3.05, 3.63) is 48.0 Å². The Labute approximate surface area is 167 Å². The van der Waals surface area contributed by atoms with Gasteiger partial charge in [-0.3, -0.25) is 4.79 Å². The number of nitrogens with zero attached hydrogens (tertiary/aromatic N) is 4. The molecule has 3 aromatic rings. The van der Waals surface area contributed by atoms with Gasteiger partial charge in [0.15, 0.2) is 5.82 Å². The summed E-state index contributed by atoms with van der Waals surface area (Å²) in [7, 11) is 0. The number of anilines is 1. The third-order valence-corrected chi connectivity index (χ3v) is 4.99. The monoisotopic (exact) mass is 391 g/mol. The highest BCUT2D eigenvalue weighted by Crippen LogP contribution is 2.37. The maximum Gasteiger partial charge on any atom is 0.316 e. The summed E-state index contributed by atoms with van der Waals surface area (Å²) >= 11 is 0. The molecule has 0 unspecified atom stereocenters. The quantitative estimate of drug-likeness (QED) is 0.629. The van der Waals surface area contributed by atoms with Crippen molar-refractivity contribution in [2.45, 2.75) is 19.3 Å². The molecule has 2 heterocycles. The van der Waals surface area contributed by atoms with Crippen LogP contribution in [0.2, 0.25) is 0 Å². The van der Waals surface area contributed by atoms with Crippen molar-refractivity contribution in [1.29, 1.82) is 0 Å². The molecule has 9 heteroatoms. The van der Waals surface area contributed by atoms with E-state index >= 15 is 0 Å². The van der Waals surface area contributed by atoms with E-state index in [4.69, 9.17) is 5.73 Å². The second-order valence-electron chi connectivity index (χ2n) is 6.87. The number of hydrogen-bond acceptors (Lipinski definition) is 5. The van der Waals surface area contributed by atoms with E-state index in [1.54, 1.807) is 6.07 Å². The van der Waals surface area contributed by atoms with E-state index in [1.807, 2.05) is 41.3 Å². The summed E-state index contributed by atoms with van der Waals surface area (Å²) in [6.45, 7) is 1.38. The lowest BCUT2D eigenvalue weighted by molar-refractivity contribution is 0.0726. The van der Waals surface area contributed by atoms with Crippen LogP contribution < -0.4 is 11.1 Å². The zero-order valence-electron chi connectivity index (χ0n) is 15.8. The van der Waals surface area contributed by atoms with Crippen LogP contribution in [0.1, 0.15) is 29.6 Å². The van der Waals surface area contributed by atoms with Crippen molar-refractivity contribution in [3.8, 4) is 22.5 Å². The fraction of sp³-hybridized carbons (Fsp3) is 0.250. The van der Waals surface area contributed by atoms with Gasteiger partial charge in [0.25, 0.3) is 5.91 Å². The summed E-state index contributed by atoms with van der Waals surface area (Å²) in [5.74, 6) is 0.162. The Kier molecular flexibility index (Phi) is 5.19. The van der Waals surface area contributed by atoms with Gasteiger partial charge in [-0.15, -0.1) is 5.10 Å². The number of rotatable bonds is 4. The topological polar surface area (TPSA) is 130 Å². The van der Waals surface area contributed by atoms with Crippen LogP contribution in [-0.4, -0.2) is 50.6 Å². The summed E-state index contributed by atoms with van der Waals surface area (Å²) < 4.78 is 0. The van der Waals surface area contributed by atoms with E-state index in [0.29, 0.717) is 29.9 Å². The van der Waals surface area contributed by atoms with Crippen molar-refractivity contribution < 1.29 is 9.59 Å². The molecule has 0 bridgehead atoms. The number of aromatic nitrogens is 4. The number of urea groups is 1. The lowest BCUT2D eigenvalue weighted by Gasteiger charge is -2.29. The average Bonchev–Trinajstić information content (AvgIpc) is 3.28. The number of primary amides is 1. The number of carbonyl (C=O) groups is 2. The molecule has 29 heavy (non-hydrogen) atoms. The molecule has 1 saturated heterocycles. The van der Waals surface area contributed by atoms with Crippen molar-refractivity contribution in [2.24, 2.45) is 5.73 Å². The summed E-state index contributed by atoms with van der Waals surface area (Å²) in [4.78, 5) is 27.1. The molecule has 0 spiro atoms. The van der Waals surface area contributed by atoms with E-state index in [9.17, 15) is 9.59 Å². The molecule has 1 aromatic heterocycles. The third-order valence-electron chi connectivity index (χ3n) is 4.99. The first kappa shape index (κ1) is 18.6. The predicted octanol–water partition coefficient (Wildman–Crippen LogP) is 2.65. The first-order chi connectivity index (χ1) is 14.1. The highest BCUT2D eigenvalue weighted by Gasteiger charge is 2.28. The molecule has 148 valence electrons. The maximum atomic E-state index is 13.6. The fourth-order valence-corrected chi connectivity index (χ4v) is 3.69.